The number of benzene rings is 2. The standard InChI is InChI=1S/C17H22N2O3S/c20-17(16-9-5-2-6-10-16)13-18-11-12-19-23(21,22)14-15-7-3-1-4-8-15/h1-10,17-20H,11-14H2/t17-/m1/s1. The van der Waals surface area contributed by atoms with Gasteiger partial charge in [0.05, 0.1) is 11.9 Å². The van der Waals surface area contributed by atoms with Crippen molar-refractivity contribution >= 4 is 10.0 Å². The van der Waals surface area contributed by atoms with E-state index in [-0.39, 0.29) is 12.3 Å². The average molecular weight is 334 g/mol. The van der Waals surface area contributed by atoms with Crippen LogP contribution in [0, 0.1) is 0 Å². The first-order valence-corrected chi connectivity index (χ1v) is 9.17. The van der Waals surface area contributed by atoms with Gasteiger partial charge < -0.3 is 10.4 Å². The number of sulfonamides is 1. The molecule has 0 aliphatic carbocycles. The van der Waals surface area contributed by atoms with E-state index in [9.17, 15) is 13.5 Å². The van der Waals surface area contributed by atoms with Crippen LogP contribution in [0.2, 0.25) is 0 Å². The summed E-state index contributed by atoms with van der Waals surface area (Å²) in [6.45, 7) is 1.12. The van der Waals surface area contributed by atoms with Crippen molar-refractivity contribution in [3.63, 3.8) is 0 Å². The number of rotatable bonds is 9. The highest BCUT2D eigenvalue weighted by molar-refractivity contribution is 7.88. The Balaban J connectivity index is 1.67. The summed E-state index contributed by atoms with van der Waals surface area (Å²) in [5.41, 5.74) is 1.59. The zero-order valence-electron chi connectivity index (χ0n) is 12.9. The summed E-state index contributed by atoms with van der Waals surface area (Å²) in [5, 5.41) is 13.0. The Morgan fingerprint density at radius 1 is 0.913 bits per heavy atom. The molecule has 2 aromatic rings. The molecule has 0 aliphatic heterocycles. The maximum atomic E-state index is 11.9. The molecule has 2 aromatic carbocycles. The molecule has 2 rings (SSSR count). The number of hydrogen-bond acceptors (Lipinski definition) is 4. The number of hydrogen-bond donors (Lipinski definition) is 3. The zero-order valence-corrected chi connectivity index (χ0v) is 13.7. The quantitative estimate of drug-likeness (QED) is 0.606. The van der Waals surface area contributed by atoms with Crippen molar-refractivity contribution in [2.24, 2.45) is 0 Å². The molecule has 1 atom stereocenters. The lowest BCUT2D eigenvalue weighted by atomic mass is 10.1. The Labute approximate surface area is 137 Å². The second-order valence-corrected chi connectivity index (χ2v) is 7.08. The third-order valence-electron chi connectivity index (χ3n) is 3.35. The number of nitrogens with one attached hydrogen (secondary N) is 2. The van der Waals surface area contributed by atoms with Crippen LogP contribution in [0.5, 0.6) is 0 Å². The highest BCUT2D eigenvalue weighted by Gasteiger charge is 2.10. The van der Waals surface area contributed by atoms with Gasteiger partial charge in [0, 0.05) is 19.6 Å². The second kappa shape index (κ2) is 8.79. The van der Waals surface area contributed by atoms with E-state index in [0.717, 1.165) is 11.1 Å². The molecule has 0 spiro atoms. The van der Waals surface area contributed by atoms with Crippen LogP contribution in [0.15, 0.2) is 60.7 Å². The summed E-state index contributed by atoms with van der Waals surface area (Å²) >= 11 is 0. The Hall–Kier alpha value is -1.73. The molecule has 0 fully saturated rings. The molecular weight excluding hydrogens is 312 g/mol. The fourth-order valence-electron chi connectivity index (χ4n) is 2.17. The first kappa shape index (κ1) is 17.6. The number of aliphatic hydroxyl groups excluding tert-OH is 1. The highest BCUT2D eigenvalue weighted by atomic mass is 32.2. The Morgan fingerprint density at radius 3 is 2.17 bits per heavy atom. The van der Waals surface area contributed by atoms with E-state index in [0.29, 0.717) is 13.1 Å². The van der Waals surface area contributed by atoms with Crippen molar-refractivity contribution in [1.29, 1.82) is 0 Å². The zero-order chi connectivity index (χ0) is 16.5. The Morgan fingerprint density at radius 2 is 1.52 bits per heavy atom. The van der Waals surface area contributed by atoms with Gasteiger partial charge in [-0.25, -0.2) is 13.1 Å². The molecule has 0 unspecified atom stereocenters. The van der Waals surface area contributed by atoms with Crippen molar-refractivity contribution in [2.45, 2.75) is 11.9 Å². The second-order valence-electron chi connectivity index (χ2n) is 5.27. The molecule has 0 saturated heterocycles. The molecular formula is C17H22N2O3S. The van der Waals surface area contributed by atoms with Crippen LogP contribution in [-0.2, 0) is 15.8 Å². The third kappa shape index (κ3) is 6.50. The molecule has 0 saturated carbocycles. The Kier molecular flexibility index (Phi) is 6.73. The van der Waals surface area contributed by atoms with Gasteiger partial charge in [-0.1, -0.05) is 60.7 Å². The van der Waals surface area contributed by atoms with Crippen molar-refractivity contribution < 1.29 is 13.5 Å². The molecule has 0 bridgehead atoms. The molecule has 0 heterocycles. The van der Waals surface area contributed by atoms with Gasteiger partial charge in [-0.3, -0.25) is 0 Å². The first-order chi connectivity index (χ1) is 11.1. The lowest BCUT2D eigenvalue weighted by Gasteiger charge is -2.12. The van der Waals surface area contributed by atoms with Crippen LogP contribution >= 0.6 is 0 Å². The van der Waals surface area contributed by atoms with E-state index in [2.05, 4.69) is 10.0 Å². The lowest BCUT2D eigenvalue weighted by Crippen LogP contribution is -2.34. The third-order valence-corrected chi connectivity index (χ3v) is 4.70. The minimum Gasteiger partial charge on any atom is -0.387 e. The van der Waals surface area contributed by atoms with Crippen molar-refractivity contribution in [3.05, 3.63) is 71.8 Å². The largest absolute Gasteiger partial charge is 0.387 e. The molecule has 5 nitrogen and oxygen atoms in total. The van der Waals surface area contributed by atoms with Crippen LogP contribution in [0.3, 0.4) is 0 Å². The summed E-state index contributed by atoms with van der Waals surface area (Å²) in [7, 11) is -3.34. The average Bonchev–Trinajstić information content (AvgIpc) is 2.55. The van der Waals surface area contributed by atoms with Gasteiger partial charge in [0.2, 0.25) is 10.0 Å². The summed E-state index contributed by atoms with van der Waals surface area (Å²) in [4.78, 5) is 0. The summed E-state index contributed by atoms with van der Waals surface area (Å²) < 4.78 is 26.4. The SMILES string of the molecule is O=S(=O)(Cc1ccccc1)NCCNC[C@@H](O)c1ccccc1. The maximum Gasteiger partial charge on any atom is 0.215 e. The molecule has 3 N–H and O–H groups in total. The topological polar surface area (TPSA) is 78.4 Å². The van der Waals surface area contributed by atoms with Crippen molar-refractivity contribution in [2.75, 3.05) is 19.6 Å². The van der Waals surface area contributed by atoms with E-state index in [1.54, 1.807) is 12.1 Å². The van der Waals surface area contributed by atoms with Gasteiger partial charge in [-0.05, 0) is 11.1 Å². The fourth-order valence-corrected chi connectivity index (χ4v) is 3.32. The van der Waals surface area contributed by atoms with Crippen molar-refractivity contribution in [1.82, 2.24) is 10.0 Å². The van der Waals surface area contributed by atoms with Gasteiger partial charge in [-0.15, -0.1) is 0 Å². The molecule has 6 heteroatoms. The van der Waals surface area contributed by atoms with Crippen LogP contribution < -0.4 is 10.0 Å². The van der Waals surface area contributed by atoms with Crippen LogP contribution in [0.1, 0.15) is 17.2 Å². The highest BCUT2D eigenvalue weighted by Crippen LogP contribution is 2.10. The van der Waals surface area contributed by atoms with Gasteiger partial charge >= 0.3 is 0 Å². The lowest BCUT2D eigenvalue weighted by molar-refractivity contribution is 0.175. The summed E-state index contributed by atoms with van der Waals surface area (Å²) in [6, 6.07) is 18.4. The van der Waals surface area contributed by atoms with E-state index in [1.165, 1.54) is 0 Å². The summed E-state index contributed by atoms with van der Waals surface area (Å²) in [5.74, 6) is -0.0273. The smallest absolute Gasteiger partial charge is 0.215 e. The monoisotopic (exact) mass is 334 g/mol. The number of aliphatic hydroxyl groups is 1. The molecule has 23 heavy (non-hydrogen) atoms. The molecule has 0 aliphatic rings. The van der Waals surface area contributed by atoms with E-state index in [4.69, 9.17) is 0 Å². The maximum absolute atomic E-state index is 11.9. The van der Waals surface area contributed by atoms with E-state index < -0.39 is 16.1 Å². The molecule has 124 valence electrons. The predicted octanol–water partition coefficient (Wildman–Crippen LogP) is 1.43. The van der Waals surface area contributed by atoms with Crippen molar-refractivity contribution in [3.8, 4) is 0 Å². The first-order valence-electron chi connectivity index (χ1n) is 7.52. The van der Waals surface area contributed by atoms with E-state index >= 15 is 0 Å². The molecule has 0 aromatic heterocycles. The van der Waals surface area contributed by atoms with Gasteiger partial charge in [0.15, 0.2) is 0 Å². The summed E-state index contributed by atoms with van der Waals surface area (Å²) in [6.07, 6.45) is -0.600. The van der Waals surface area contributed by atoms with Gasteiger partial charge in [0.1, 0.15) is 0 Å². The van der Waals surface area contributed by atoms with Gasteiger partial charge in [0.25, 0.3) is 0 Å². The van der Waals surface area contributed by atoms with Crippen LogP contribution in [0.4, 0.5) is 0 Å². The predicted molar refractivity (Wildman–Crippen MR) is 91.3 cm³/mol. The van der Waals surface area contributed by atoms with Crippen LogP contribution in [-0.4, -0.2) is 33.2 Å². The minimum atomic E-state index is -3.34. The molecule has 0 radical (unpaired) electrons. The molecule has 0 amide bonds. The Bertz CT molecular complexity index is 675. The van der Waals surface area contributed by atoms with E-state index in [1.807, 2.05) is 48.5 Å². The normalized spacial score (nSPS) is 12.9. The minimum absolute atomic E-state index is 0.0273. The van der Waals surface area contributed by atoms with Gasteiger partial charge in [-0.2, -0.15) is 0 Å². The fraction of sp³-hybridized carbons (Fsp3) is 0.294. The van der Waals surface area contributed by atoms with Crippen LogP contribution in [0.25, 0.3) is 0 Å².